The van der Waals surface area contributed by atoms with Gasteiger partial charge in [0.25, 0.3) is 5.91 Å². The van der Waals surface area contributed by atoms with Crippen LogP contribution >= 0.6 is 34.8 Å². The highest BCUT2D eigenvalue weighted by Gasteiger charge is 2.13. The van der Waals surface area contributed by atoms with E-state index in [1.807, 2.05) is 0 Å². The number of carbonyl (C=O) groups is 2. The van der Waals surface area contributed by atoms with Crippen molar-refractivity contribution in [2.75, 3.05) is 13.6 Å². The van der Waals surface area contributed by atoms with Gasteiger partial charge in [0.05, 0.1) is 20.6 Å². The molecule has 8 heteroatoms. The Morgan fingerprint density at radius 2 is 1.77 bits per heavy atom. The van der Waals surface area contributed by atoms with Gasteiger partial charge in [0.15, 0.2) is 0 Å². The first kappa shape index (κ1) is 20.5. The molecular formula is C18H16Cl3FN2O2. The number of hydrogen-bond acceptors (Lipinski definition) is 2. The fourth-order valence-electron chi connectivity index (χ4n) is 2.24. The van der Waals surface area contributed by atoms with Crippen molar-refractivity contribution >= 4 is 46.6 Å². The van der Waals surface area contributed by atoms with E-state index in [2.05, 4.69) is 5.32 Å². The summed E-state index contributed by atoms with van der Waals surface area (Å²) in [5.74, 6) is -1.14. The van der Waals surface area contributed by atoms with Crippen LogP contribution in [-0.2, 0) is 11.3 Å². The van der Waals surface area contributed by atoms with Crippen LogP contribution in [0.5, 0.6) is 0 Å². The van der Waals surface area contributed by atoms with Crippen LogP contribution in [0.15, 0.2) is 36.4 Å². The van der Waals surface area contributed by atoms with Crippen molar-refractivity contribution in [3.63, 3.8) is 0 Å². The number of carbonyl (C=O) groups excluding carboxylic acids is 2. The van der Waals surface area contributed by atoms with E-state index in [1.165, 1.54) is 11.0 Å². The van der Waals surface area contributed by atoms with Crippen LogP contribution in [0.25, 0.3) is 0 Å². The van der Waals surface area contributed by atoms with Gasteiger partial charge in [0, 0.05) is 26.6 Å². The van der Waals surface area contributed by atoms with E-state index in [4.69, 9.17) is 34.8 Å². The Bertz CT molecular complexity index is 830. The minimum atomic E-state index is -0.523. The maximum absolute atomic E-state index is 13.0. The van der Waals surface area contributed by atoms with Crippen molar-refractivity contribution in [3.05, 3.63) is 68.4 Å². The SMILES string of the molecule is CN(Cc1ccc(Cl)c(Cl)c1)C(=O)CCNC(=O)c1ccc(F)cc1Cl. The van der Waals surface area contributed by atoms with Gasteiger partial charge in [-0.25, -0.2) is 4.39 Å². The van der Waals surface area contributed by atoms with Crippen molar-refractivity contribution in [3.8, 4) is 0 Å². The van der Waals surface area contributed by atoms with Gasteiger partial charge in [-0.3, -0.25) is 9.59 Å². The summed E-state index contributed by atoms with van der Waals surface area (Å²) in [5.41, 5.74) is 1.00. The van der Waals surface area contributed by atoms with E-state index in [9.17, 15) is 14.0 Å². The molecule has 0 saturated carbocycles. The molecule has 2 aromatic rings. The van der Waals surface area contributed by atoms with E-state index < -0.39 is 11.7 Å². The van der Waals surface area contributed by atoms with E-state index in [-0.39, 0.29) is 29.5 Å². The largest absolute Gasteiger partial charge is 0.351 e. The predicted octanol–water partition coefficient (Wildman–Crippen LogP) is 4.56. The number of halogens is 4. The van der Waals surface area contributed by atoms with Gasteiger partial charge in [0.2, 0.25) is 5.91 Å². The number of nitrogens with zero attached hydrogens (tertiary/aromatic N) is 1. The van der Waals surface area contributed by atoms with Crippen molar-refractivity contribution in [2.24, 2.45) is 0 Å². The summed E-state index contributed by atoms with van der Waals surface area (Å²) in [6, 6.07) is 8.67. The summed E-state index contributed by atoms with van der Waals surface area (Å²) in [4.78, 5) is 25.7. The molecule has 2 rings (SSSR count). The van der Waals surface area contributed by atoms with Gasteiger partial charge in [-0.05, 0) is 35.9 Å². The van der Waals surface area contributed by atoms with E-state index in [0.717, 1.165) is 17.7 Å². The topological polar surface area (TPSA) is 49.4 Å². The average molecular weight is 418 g/mol. The summed E-state index contributed by atoms with van der Waals surface area (Å²) < 4.78 is 13.0. The fraction of sp³-hybridized carbons (Fsp3) is 0.222. The minimum Gasteiger partial charge on any atom is -0.351 e. The molecule has 0 aliphatic rings. The molecule has 26 heavy (non-hydrogen) atoms. The lowest BCUT2D eigenvalue weighted by Gasteiger charge is -2.18. The summed E-state index contributed by atoms with van der Waals surface area (Å²) >= 11 is 17.7. The normalized spacial score (nSPS) is 10.5. The molecular weight excluding hydrogens is 402 g/mol. The molecule has 0 aromatic heterocycles. The van der Waals surface area contributed by atoms with Crippen molar-refractivity contribution in [2.45, 2.75) is 13.0 Å². The number of rotatable bonds is 6. The second kappa shape index (κ2) is 9.21. The van der Waals surface area contributed by atoms with Crippen LogP contribution in [0.4, 0.5) is 4.39 Å². The second-order valence-corrected chi connectivity index (χ2v) is 6.85. The number of hydrogen-bond donors (Lipinski definition) is 1. The standard InChI is InChI=1S/C18H16Cl3FN2O2/c1-24(10-11-2-5-14(19)16(21)8-11)17(25)6-7-23-18(26)13-4-3-12(22)9-15(13)20/h2-5,8-9H,6-7,10H2,1H3,(H,23,26). The Labute approximate surface area is 165 Å². The molecule has 0 heterocycles. The van der Waals surface area contributed by atoms with Gasteiger partial charge in [0.1, 0.15) is 5.82 Å². The number of benzene rings is 2. The second-order valence-electron chi connectivity index (χ2n) is 5.63. The first-order valence-corrected chi connectivity index (χ1v) is 8.82. The molecule has 0 unspecified atom stereocenters. The average Bonchev–Trinajstić information content (AvgIpc) is 2.57. The van der Waals surface area contributed by atoms with E-state index in [0.29, 0.717) is 16.6 Å². The maximum atomic E-state index is 13.0. The molecule has 0 aliphatic carbocycles. The minimum absolute atomic E-state index is 0.0190. The lowest BCUT2D eigenvalue weighted by Crippen LogP contribution is -2.32. The van der Waals surface area contributed by atoms with Crippen LogP contribution in [0.1, 0.15) is 22.3 Å². The Hall–Kier alpha value is -1.82. The van der Waals surface area contributed by atoms with Crippen LogP contribution in [0.2, 0.25) is 15.1 Å². The zero-order valence-electron chi connectivity index (χ0n) is 13.9. The molecule has 138 valence electrons. The van der Waals surface area contributed by atoms with Crippen molar-refractivity contribution < 1.29 is 14.0 Å². The number of nitrogens with one attached hydrogen (secondary N) is 1. The smallest absolute Gasteiger partial charge is 0.252 e. The molecule has 0 atom stereocenters. The highest BCUT2D eigenvalue weighted by Crippen LogP contribution is 2.23. The van der Waals surface area contributed by atoms with Crippen LogP contribution in [0.3, 0.4) is 0 Å². The van der Waals surface area contributed by atoms with Gasteiger partial charge >= 0.3 is 0 Å². The Balaban J connectivity index is 1.83. The van der Waals surface area contributed by atoms with Crippen LogP contribution in [0, 0.1) is 5.82 Å². The quantitative estimate of drug-likeness (QED) is 0.749. The van der Waals surface area contributed by atoms with E-state index in [1.54, 1.807) is 25.2 Å². The molecule has 0 bridgehead atoms. The summed E-state index contributed by atoms with van der Waals surface area (Å²) in [7, 11) is 1.66. The Morgan fingerprint density at radius 3 is 2.42 bits per heavy atom. The van der Waals surface area contributed by atoms with Crippen molar-refractivity contribution in [1.82, 2.24) is 10.2 Å². The van der Waals surface area contributed by atoms with Crippen LogP contribution < -0.4 is 5.32 Å². The highest BCUT2D eigenvalue weighted by molar-refractivity contribution is 6.42. The molecule has 0 spiro atoms. The fourth-order valence-corrected chi connectivity index (χ4v) is 2.82. The predicted molar refractivity (Wildman–Crippen MR) is 101 cm³/mol. The first-order chi connectivity index (χ1) is 12.3. The van der Waals surface area contributed by atoms with Gasteiger partial charge in [-0.1, -0.05) is 40.9 Å². The molecule has 0 radical (unpaired) electrons. The van der Waals surface area contributed by atoms with Crippen molar-refractivity contribution in [1.29, 1.82) is 0 Å². The molecule has 2 aromatic carbocycles. The van der Waals surface area contributed by atoms with Crippen LogP contribution in [-0.4, -0.2) is 30.3 Å². The lowest BCUT2D eigenvalue weighted by atomic mass is 10.2. The van der Waals surface area contributed by atoms with E-state index >= 15 is 0 Å². The molecule has 0 fully saturated rings. The molecule has 0 aliphatic heterocycles. The van der Waals surface area contributed by atoms with Gasteiger partial charge < -0.3 is 10.2 Å². The molecule has 4 nitrogen and oxygen atoms in total. The first-order valence-electron chi connectivity index (χ1n) is 7.69. The van der Waals surface area contributed by atoms with Gasteiger partial charge in [-0.15, -0.1) is 0 Å². The maximum Gasteiger partial charge on any atom is 0.252 e. The third kappa shape index (κ3) is 5.59. The Morgan fingerprint density at radius 1 is 1.04 bits per heavy atom. The zero-order valence-corrected chi connectivity index (χ0v) is 16.1. The summed E-state index contributed by atoms with van der Waals surface area (Å²) in [5, 5.41) is 3.49. The summed E-state index contributed by atoms with van der Waals surface area (Å²) in [6.45, 7) is 0.505. The summed E-state index contributed by atoms with van der Waals surface area (Å²) in [6.07, 6.45) is 0.113. The molecule has 1 N–H and O–H groups in total. The zero-order chi connectivity index (χ0) is 19.3. The monoisotopic (exact) mass is 416 g/mol. The third-order valence-electron chi connectivity index (χ3n) is 3.63. The Kier molecular flexibility index (Phi) is 7.26. The van der Waals surface area contributed by atoms with Gasteiger partial charge in [-0.2, -0.15) is 0 Å². The molecule has 2 amide bonds. The third-order valence-corrected chi connectivity index (χ3v) is 4.68. The molecule has 0 saturated heterocycles. The highest BCUT2D eigenvalue weighted by atomic mass is 35.5. The number of amides is 2. The lowest BCUT2D eigenvalue weighted by molar-refractivity contribution is -0.130.